The molecule has 0 aliphatic rings. The molecule has 4 heteroatoms. The molecule has 1 rings (SSSR count). The van der Waals surface area contributed by atoms with E-state index in [1.165, 1.54) is 4.88 Å². The van der Waals surface area contributed by atoms with Crippen LogP contribution in [0.5, 0.6) is 0 Å². The van der Waals surface area contributed by atoms with Crippen molar-refractivity contribution < 1.29 is 9.90 Å². The van der Waals surface area contributed by atoms with E-state index in [1.54, 1.807) is 11.3 Å². The third-order valence-corrected chi connectivity index (χ3v) is 4.01. The van der Waals surface area contributed by atoms with Crippen molar-refractivity contribution in [3.63, 3.8) is 0 Å². The van der Waals surface area contributed by atoms with Crippen LogP contribution in [0, 0.1) is 5.92 Å². The molecule has 0 spiro atoms. The predicted octanol–water partition coefficient (Wildman–Crippen LogP) is 3.63. The maximum atomic E-state index is 10.8. The molecule has 0 aliphatic heterocycles. The summed E-state index contributed by atoms with van der Waals surface area (Å²) < 4.78 is 0. The lowest BCUT2D eigenvalue weighted by Crippen LogP contribution is -2.38. The van der Waals surface area contributed by atoms with Gasteiger partial charge in [0.15, 0.2) is 0 Å². The first-order valence-electron chi connectivity index (χ1n) is 6.44. The minimum atomic E-state index is -0.727. The van der Waals surface area contributed by atoms with E-state index in [4.69, 9.17) is 5.11 Å². The minimum absolute atomic E-state index is 0.201. The normalized spacial score (nSPS) is 13.5. The number of rotatable bonds is 7. The Kier molecular flexibility index (Phi) is 5.82. The number of thiophene rings is 1. The van der Waals surface area contributed by atoms with Crippen LogP contribution in [0.15, 0.2) is 17.5 Å². The van der Waals surface area contributed by atoms with Gasteiger partial charge < -0.3 is 5.11 Å². The van der Waals surface area contributed by atoms with Gasteiger partial charge in [0.1, 0.15) is 0 Å². The molecule has 0 radical (unpaired) electrons. The van der Waals surface area contributed by atoms with Crippen LogP contribution in [0.1, 0.15) is 45.0 Å². The Morgan fingerprint density at radius 1 is 1.39 bits per heavy atom. The first kappa shape index (κ1) is 15.2. The lowest BCUT2D eigenvalue weighted by Gasteiger charge is -2.36. The molecule has 0 bridgehead atoms. The van der Waals surface area contributed by atoms with Crippen LogP contribution in [0.3, 0.4) is 0 Å². The van der Waals surface area contributed by atoms with Crippen molar-refractivity contribution in [3.05, 3.63) is 22.4 Å². The average molecular weight is 269 g/mol. The largest absolute Gasteiger partial charge is 0.481 e. The van der Waals surface area contributed by atoms with Crippen molar-refractivity contribution in [3.8, 4) is 0 Å². The summed E-state index contributed by atoms with van der Waals surface area (Å²) >= 11 is 1.75. The minimum Gasteiger partial charge on any atom is -0.481 e. The van der Waals surface area contributed by atoms with Crippen molar-refractivity contribution in [2.45, 2.75) is 46.2 Å². The molecule has 102 valence electrons. The van der Waals surface area contributed by atoms with E-state index < -0.39 is 5.97 Å². The van der Waals surface area contributed by atoms with E-state index >= 15 is 0 Å². The Labute approximate surface area is 113 Å². The smallest absolute Gasteiger partial charge is 0.304 e. The molecule has 3 nitrogen and oxygen atoms in total. The van der Waals surface area contributed by atoms with Crippen molar-refractivity contribution in [1.29, 1.82) is 0 Å². The molecule has 0 aliphatic carbocycles. The number of carboxylic acids is 1. The lowest BCUT2D eigenvalue weighted by molar-refractivity contribution is -0.137. The number of hydrogen-bond acceptors (Lipinski definition) is 3. The van der Waals surface area contributed by atoms with Gasteiger partial charge in [-0.25, -0.2) is 0 Å². The van der Waals surface area contributed by atoms with E-state index in [9.17, 15) is 4.79 Å². The molecular formula is C14H23NO2S. The fourth-order valence-corrected chi connectivity index (χ4v) is 3.30. The number of aliphatic carboxylic acids is 1. The first-order valence-corrected chi connectivity index (χ1v) is 7.32. The summed E-state index contributed by atoms with van der Waals surface area (Å²) in [4.78, 5) is 14.4. The van der Waals surface area contributed by atoms with E-state index in [0.717, 1.165) is 0 Å². The Bertz CT molecular complexity index is 360. The number of hydrogen-bond donors (Lipinski definition) is 1. The highest BCUT2D eigenvalue weighted by Crippen LogP contribution is 2.33. The quantitative estimate of drug-likeness (QED) is 0.821. The number of carbonyl (C=O) groups is 1. The van der Waals surface area contributed by atoms with E-state index in [1.807, 2.05) is 0 Å². The Morgan fingerprint density at radius 2 is 2.06 bits per heavy atom. The Balaban J connectivity index is 2.88. The molecule has 0 fully saturated rings. The maximum absolute atomic E-state index is 10.8. The van der Waals surface area contributed by atoms with Gasteiger partial charge in [-0.1, -0.05) is 19.9 Å². The van der Waals surface area contributed by atoms with Crippen LogP contribution in [0.2, 0.25) is 0 Å². The molecule has 18 heavy (non-hydrogen) atoms. The second-order valence-corrected chi connectivity index (χ2v) is 6.16. The lowest BCUT2D eigenvalue weighted by atomic mass is 9.99. The zero-order valence-corrected chi connectivity index (χ0v) is 12.4. The molecule has 1 unspecified atom stereocenters. The third kappa shape index (κ3) is 4.10. The van der Waals surface area contributed by atoms with Gasteiger partial charge in [-0.2, -0.15) is 0 Å². The molecule has 1 aromatic heterocycles. The second-order valence-electron chi connectivity index (χ2n) is 5.18. The van der Waals surface area contributed by atoms with Crippen molar-refractivity contribution >= 4 is 17.3 Å². The van der Waals surface area contributed by atoms with Crippen LogP contribution in [0.4, 0.5) is 0 Å². The Morgan fingerprint density at radius 3 is 2.44 bits per heavy atom. The molecule has 1 heterocycles. The molecule has 1 aromatic rings. The van der Waals surface area contributed by atoms with Crippen molar-refractivity contribution in [1.82, 2.24) is 4.90 Å². The third-order valence-electron chi connectivity index (χ3n) is 3.07. The van der Waals surface area contributed by atoms with Gasteiger partial charge in [0.05, 0.1) is 6.42 Å². The van der Waals surface area contributed by atoms with Gasteiger partial charge in [0.25, 0.3) is 0 Å². The molecule has 0 saturated carbocycles. The topological polar surface area (TPSA) is 40.5 Å². The average Bonchev–Trinajstić information content (AvgIpc) is 2.75. The van der Waals surface area contributed by atoms with Crippen LogP contribution in [0.25, 0.3) is 0 Å². The zero-order chi connectivity index (χ0) is 13.7. The predicted molar refractivity (Wildman–Crippen MR) is 76.0 cm³/mol. The van der Waals surface area contributed by atoms with Gasteiger partial charge in [0.2, 0.25) is 0 Å². The summed E-state index contributed by atoms with van der Waals surface area (Å²) in [5.74, 6) is -0.255. The summed E-state index contributed by atoms with van der Waals surface area (Å²) in [5, 5.41) is 11.0. The van der Waals surface area contributed by atoms with Gasteiger partial charge >= 0.3 is 5.97 Å². The second kappa shape index (κ2) is 6.90. The van der Waals surface area contributed by atoms with E-state index in [0.29, 0.717) is 24.5 Å². The van der Waals surface area contributed by atoms with Gasteiger partial charge in [-0.05, 0) is 31.2 Å². The highest BCUT2D eigenvalue weighted by molar-refractivity contribution is 7.10. The fourth-order valence-electron chi connectivity index (χ4n) is 2.28. The molecule has 1 atom stereocenters. The Hall–Kier alpha value is -0.870. The monoisotopic (exact) mass is 269 g/mol. The molecular weight excluding hydrogens is 246 g/mol. The van der Waals surface area contributed by atoms with E-state index in [2.05, 4.69) is 50.1 Å². The molecule has 0 saturated heterocycles. The van der Waals surface area contributed by atoms with Crippen LogP contribution in [-0.4, -0.2) is 28.6 Å². The summed E-state index contributed by atoms with van der Waals surface area (Å²) in [6, 6.07) is 4.86. The molecule has 0 aromatic carbocycles. The fraction of sp³-hybridized carbons (Fsp3) is 0.643. The van der Waals surface area contributed by atoms with Crippen LogP contribution in [-0.2, 0) is 4.79 Å². The summed E-state index contributed by atoms with van der Waals surface area (Å²) in [6.45, 7) is 9.25. The zero-order valence-electron chi connectivity index (χ0n) is 11.6. The standard InChI is InChI=1S/C14H23NO2S/c1-10(2)14(12-6-5-9-18-12)15(11(3)4)8-7-13(16)17/h5-6,9-11,14H,7-8H2,1-4H3,(H,16,17). The van der Waals surface area contributed by atoms with Gasteiger partial charge in [0, 0.05) is 23.5 Å². The SMILES string of the molecule is CC(C)C(c1cccs1)N(CCC(=O)O)C(C)C. The van der Waals surface area contributed by atoms with Crippen LogP contribution < -0.4 is 0 Å². The van der Waals surface area contributed by atoms with Gasteiger partial charge in [-0.3, -0.25) is 9.69 Å². The molecule has 1 N–H and O–H groups in total. The van der Waals surface area contributed by atoms with Crippen LogP contribution >= 0.6 is 11.3 Å². The summed E-state index contributed by atoms with van der Waals surface area (Å²) in [7, 11) is 0. The van der Waals surface area contributed by atoms with Crippen molar-refractivity contribution in [2.75, 3.05) is 6.54 Å². The highest BCUT2D eigenvalue weighted by Gasteiger charge is 2.26. The first-order chi connectivity index (χ1) is 8.43. The van der Waals surface area contributed by atoms with Gasteiger partial charge in [-0.15, -0.1) is 11.3 Å². The maximum Gasteiger partial charge on any atom is 0.304 e. The number of nitrogens with zero attached hydrogens (tertiary/aromatic N) is 1. The summed E-state index contributed by atoms with van der Waals surface area (Å²) in [6.07, 6.45) is 0.201. The summed E-state index contributed by atoms with van der Waals surface area (Å²) in [5.41, 5.74) is 0. The highest BCUT2D eigenvalue weighted by atomic mass is 32.1. The van der Waals surface area contributed by atoms with Crippen molar-refractivity contribution in [2.24, 2.45) is 5.92 Å². The number of carboxylic acid groups (broad SMARTS) is 1. The molecule has 0 amide bonds. The van der Waals surface area contributed by atoms with E-state index in [-0.39, 0.29) is 6.42 Å².